The minimum absolute atomic E-state index is 0. The Bertz CT molecular complexity index is 837. The third-order valence-corrected chi connectivity index (χ3v) is 5.29. The van der Waals surface area contributed by atoms with Gasteiger partial charge in [-0.3, -0.25) is 9.69 Å². The van der Waals surface area contributed by atoms with Crippen LogP contribution in [0.4, 0.5) is 5.82 Å². The van der Waals surface area contributed by atoms with Gasteiger partial charge >= 0.3 is 5.97 Å². The van der Waals surface area contributed by atoms with Gasteiger partial charge in [0.1, 0.15) is 5.82 Å². The predicted molar refractivity (Wildman–Crippen MR) is 118 cm³/mol. The van der Waals surface area contributed by atoms with E-state index in [0.717, 1.165) is 28.3 Å². The number of piperidine rings is 1. The Kier molecular flexibility index (Phi) is 9.33. The molecule has 2 heterocycles. The van der Waals surface area contributed by atoms with Gasteiger partial charge in [0, 0.05) is 72.9 Å². The standard InChI is InChI=1S/C16H16Cl3IN4O2.K/c17-16(18,19)15-22-12-4-3-9(20)6-11(12)14(23-15)21-10-2-1-5-24(7-10)8-13(25)26;/h3-4,6,10H,1-2,5,7-8H2,(H,25,26)(H,21,22,23);. The van der Waals surface area contributed by atoms with Gasteiger partial charge in [-0.05, 0) is 60.2 Å². The molecular weight excluding hydrogens is 553 g/mol. The van der Waals surface area contributed by atoms with E-state index in [2.05, 4.69) is 37.9 Å². The first-order valence-electron chi connectivity index (χ1n) is 7.97. The van der Waals surface area contributed by atoms with E-state index in [1.54, 1.807) is 0 Å². The number of nitrogens with zero attached hydrogens (tertiary/aromatic N) is 3. The number of aliphatic carboxylic acids is 1. The molecule has 0 bridgehead atoms. The number of nitrogens with one attached hydrogen (secondary N) is 1. The van der Waals surface area contributed by atoms with E-state index in [1.165, 1.54) is 0 Å². The Hall–Kier alpha value is 1.03. The van der Waals surface area contributed by atoms with E-state index in [0.29, 0.717) is 17.9 Å². The number of anilines is 1. The van der Waals surface area contributed by atoms with Gasteiger partial charge in [-0.15, -0.1) is 0 Å². The molecule has 1 aliphatic rings. The third kappa shape index (κ3) is 6.76. The molecule has 6 nitrogen and oxygen atoms in total. The number of likely N-dealkylation sites (tertiary alicyclic amines) is 1. The summed E-state index contributed by atoms with van der Waals surface area (Å²) >= 11 is 20.2. The van der Waals surface area contributed by atoms with Crippen molar-refractivity contribution < 1.29 is 9.90 Å². The van der Waals surface area contributed by atoms with Crippen LogP contribution in [0.5, 0.6) is 0 Å². The van der Waals surface area contributed by atoms with E-state index < -0.39 is 9.76 Å². The second-order valence-electron chi connectivity index (χ2n) is 6.17. The van der Waals surface area contributed by atoms with Crippen LogP contribution >= 0.6 is 57.4 Å². The molecule has 2 aromatic rings. The molecule has 1 unspecified atom stereocenters. The molecular formula is C16H16Cl3IKN4O2. The zero-order chi connectivity index (χ0) is 18.9. The number of hydrogen-bond acceptors (Lipinski definition) is 5. The molecule has 0 spiro atoms. The fraction of sp³-hybridized carbons (Fsp3) is 0.438. The minimum atomic E-state index is -1.73. The van der Waals surface area contributed by atoms with Gasteiger partial charge in [-0.1, -0.05) is 34.8 Å². The molecule has 1 radical (unpaired) electrons. The van der Waals surface area contributed by atoms with Crippen molar-refractivity contribution in [2.45, 2.75) is 22.7 Å². The Balaban J connectivity index is 0.00000261. The second-order valence-corrected chi connectivity index (χ2v) is 9.69. The summed E-state index contributed by atoms with van der Waals surface area (Å²) in [4.78, 5) is 21.7. The van der Waals surface area contributed by atoms with Crippen LogP contribution in [0.1, 0.15) is 18.7 Å². The molecule has 141 valence electrons. The third-order valence-electron chi connectivity index (χ3n) is 4.12. The van der Waals surface area contributed by atoms with E-state index in [9.17, 15) is 4.79 Å². The molecule has 3 rings (SSSR count). The summed E-state index contributed by atoms with van der Waals surface area (Å²) in [6.45, 7) is 1.41. The summed E-state index contributed by atoms with van der Waals surface area (Å²) in [5.41, 5.74) is 0.683. The predicted octanol–water partition coefficient (Wildman–Crippen LogP) is 3.64. The molecule has 0 saturated carbocycles. The SMILES string of the molecule is O=C(O)CN1CCCC(Nc2nc(C(Cl)(Cl)Cl)nc3ccc(I)cc23)C1.[K]. The summed E-state index contributed by atoms with van der Waals surface area (Å²) < 4.78 is -0.685. The number of carboxylic acid groups (broad SMARTS) is 1. The van der Waals surface area contributed by atoms with Gasteiger partial charge in [0.15, 0.2) is 5.82 Å². The van der Waals surface area contributed by atoms with Crippen LogP contribution in [0, 0.1) is 3.57 Å². The summed E-state index contributed by atoms with van der Waals surface area (Å²) in [5.74, 6) is -0.125. The minimum Gasteiger partial charge on any atom is -0.480 e. The van der Waals surface area contributed by atoms with Gasteiger partial charge in [0.05, 0.1) is 12.1 Å². The summed E-state index contributed by atoms with van der Waals surface area (Å²) in [5, 5.41) is 13.3. The van der Waals surface area contributed by atoms with Crippen molar-refractivity contribution in [1.29, 1.82) is 0 Å². The average molecular weight is 569 g/mol. The van der Waals surface area contributed by atoms with Gasteiger partial charge in [-0.25, -0.2) is 9.97 Å². The van der Waals surface area contributed by atoms with Gasteiger partial charge < -0.3 is 10.4 Å². The van der Waals surface area contributed by atoms with Crippen LogP contribution in [0.25, 0.3) is 10.9 Å². The molecule has 11 heteroatoms. The van der Waals surface area contributed by atoms with Crippen LogP contribution in [0.2, 0.25) is 0 Å². The molecule has 1 aliphatic heterocycles. The molecule has 1 aromatic carbocycles. The molecule has 1 saturated heterocycles. The fourth-order valence-electron chi connectivity index (χ4n) is 3.04. The number of benzene rings is 1. The van der Waals surface area contributed by atoms with Crippen molar-refractivity contribution in [2.75, 3.05) is 25.0 Å². The van der Waals surface area contributed by atoms with E-state index in [1.807, 2.05) is 23.1 Å². The molecule has 1 atom stereocenters. The quantitative estimate of drug-likeness (QED) is 0.333. The maximum Gasteiger partial charge on any atom is 0.317 e. The zero-order valence-corrected chi connectivity index (χ0v) is 22.1. The molecule has 0 aliphatic carbocycles. The largest absolute Gasteiger partial charge is 0.480 e. The summed E-state index contributed by atoms with van der Waals surface area (Å²) in [7, 11) is 0. The molecule has 1 aromatic heterocycles. The molecule has 27 heavy (non-hydrogen) atoms. The second kappa shape index (κ2) is 10.4. The Morgan fingerprint density at radius 3 is 2.78 bits per heavy atom. The van der Waals surface area contributed by atoms with Crippen LogP contribution in [-0.2, 0) is 8.59 Å². The van der Waals surface area contributed by atoms with Crippen LogP contribution in [-0.4, -0.2) is 103 Å². The number of halogens is 4. The van der Waals surface area contributed by atoms with Crippen molar-refractivity contribution in [1.82, 2.24) is 14.9 Å². The molecule has 2 N–H and O–H groups in total. The van der Waals surface area contributed by atoms with Gasteiger partial charge in [-0.2, -0.15) is 0 Å². The van der Waals surface area contributed by atoms with Crippen molar-refractivity contribution in [3.8, 4) is 0 Å². The number of hydrogen-bond donors (Lipinski definition) is 2. The number of carboxylic acids is 1. The summed E-state index contributed by atoms with van der Waals surface area (Å²) in [6, 6.07) is 5.82. The number of carbonyl (C=O) groups is 1. The molecule has 0 amide bonds. The first-order chi connectivity index (χ1) is 12.2. The van der Waals surface area contributed by atoms with Crippen molar-refractivity contribution in [3.05, 3.63) is 27.6 Å². The van der Waals surface area contributed by atoms with E-state index in [-0.39, 0.29) is 69.8 Å². The topological polar surface area (TPSA) is 78.4 Å². The Morgan fingerprint density at radius 1 is 1.37 bits per heavy atom. The average Bonchev–Trinajstić information content (AvgIpc) is 2.54. The Morgan fingerprint density at radius 2 is 2.11 bits per heavy atom. The first-order valence-corrected chi connectivity index (χ1v) is 10.2. The van der Waals surface area contributed by atoms with Gasteiger partial charge in [0.25, 0.3) is 0 Å². The van der Waals surface area contributed by atoms with Crippen molar-refractivity contribution >= 4 is 131 Å². The maximum absolute atomic E-state index is 11.0. The normalized spacial score (nSPS) is 18.1. The van der Waals surface area contributed by atoms with E-state index >= 15 is 0 Å². The number of fused-ring (bicyclic) bond motifs is 1. The maximum atomic E-state index is 11.0. The monoisotopic (exact) mass is 567 g/mol. The van der Waals surface area contributed by atoms with Crippen LogP contribution in [0.15, 0.2) is 18.2 Å². The van der Waals surface area contributed by atoms with E-state index in [4.69, 9.17) is 39.9 Å². The van der Waals surface area contributed by atoms with Gasteiger partial charge in [0.2, 0.25) is 3.79 Å². The zero-order valence-electron chi connectivity index (χ0n) is 14.6. The smallest absolute Gasteiger partial charge is 0.317 e. The number of aromatic nitrogens is 2. The fourth-order valence-corrected chi connectivity index (χ4v) is 3.78. The molecule has 1 fully saturated rings. The first kappa shape index (κ1) is 24.3. The number of rotatable bonds is 4. The van der Waals surface area contributed by atoms with Crippen molar-refractivity contribution in [2.24, 2.45) is 0 Å². The summed E-state index contributed by atoms with van der Waals surface area (Å²) in [6.07, 6.45) is 1.82. The van der Waals surface area contributed by atoms with Crippen LogP contribution < -0.4 is 5.32 Å². The van der Waals surface area contributed by atoms with Crippen molar-refractivity contribution in [3.63, 3.8) is 0 Å². The number of alkyl halides is 3. The van der Waals surface area contributed by atoms with Crippen LogP contribution in [0.3, 0.4) is 0 Å². The Labute approximate surface area is 228 Å².